The molecule has 0 atom stereocenters. The number of likely N-dealkylation sites (N-methyl/N-ethyl adjacent to an activating group) is 1. The number of para-hydroxylation sites is 2. The number of ketones is 1. The second-order valence-electron chi connectivity index (χ2n) is 4.46. The number of nitrogens with zero attached hydrogens (tertiary/aromatic N) is 1. The van der Waals surface area contributed by atoms with Crippen molar-refractivity contribution in [3.05, 3.63) is 57.7 Å². The molecule has 0 unspecified atom stereocenters. The molecule has 0 aliphatic carbocycles. The van der Waals surface area contributed by atoms with Crippen LogP contribution in [0.1, 0.15) is 10.4 Å². The highest BCUT2D eigenvalue weighted by Crippen LogP contribution is 2.26. The van der Waals surface area contributed by atoms with Crippen LogP contribution >= 0.6 is 22.6 Å². The van der Waals surface area contributed by atoms with Crippen LogP contribution in [0.15, 0.2) is 48.5 Å². The molecule has 0 amide bonds. The van der Waals surface area contributed by atoms with Crippen LogP contribution in [0.3, 0.4) is 0 Å². The SMILES string of the molecule is COc1ccccc1N(C)CC(=O)c1ccc(I)cc1. The Kier molecular flexibility index (Phi) is 5.00. The summed E-state index contributed by atoms with van der Waals surface area (Å²) < 4.78 is 6.44. The van der Waals surface area contributed by atoms with Gasteiger partial charge in [0.25, 0.3) is 0 Å². The summed E-state index contributed by atoms with van der Waals surface area (Å²) in [4.78, 5) is 14.2. The summed E-state index contributed by atoms with van der Waals surface area (Å²) in [5, 5.41) is 0. The van der Waals surface area contributed by atoms with Gasteiger partial charge in [0.05, 0.1) is 19.3 Å². The van der Waals surface area contributed by atoms with Crippen LogP contribution in [0.5, 0.6) is 5.75 Å². The molecule has 2 rings (SSSR count). The first-order chi connectivity index (χ1) is 9.61. The molecule has 0 radical (unpaired) electrons. The molecule has 2 aromatic rings. The number of halogens is 1. The first-order valence-corrected chi connectivity index (χ1v) is 7.32. The number of methoxy groups -OCH3 is 1. The molecule has 0 aromatic heterocycles. The fraction of sp³-hybridized carbons (Fsp3) is 0.188. The van der Waals surface area contributed by atoms with Gasteiger partial charge in [0.2, 0.25) is 0 Å². The van der Waals surface area contributed by atoms with E-state index in [1.165, 1.54) is 0 Å². The summed E-state index contributed by atoms with van der Waals surface area (Å²) >= 11 is 2.23. The van der Waals surface area contributed by atoms with Crippen LogP contribution < -0.4 is 9.64 Å². The minimum atomic E-state index is 0.0924. The Bertz CT molecular complexity index is 596. The van der Waals surface area contributed by atoms with E-state index in [1.54, 1.807) is 7.11 Å². The van der Waals surface area contributed by atoms with Crippen LogP contribution in [0, 0.1) is 3.57 Å². The number of Topliss-reactive ketones (excluding diaryl/α,β-unsaturated/α-hetero) is 1. The number of hydrogen-bond acceptors (Lipinski definition) is 3. The van der Waals surface area contributed by atoms with E-state index in [9.17, 15) is 4.79 Å². The lowest BCUT2D eigenvalue weighted by Gasteiger charge is -2.20. The average molecular weight is 381 g/mol. The molecule has 0 heterocycles. The Labute approximate surface area is 132 Å². The molecule has 0 fully saturated rings. The lowest BCUT2D eigenvalue weighted by Crippen LogP contribution is -2.26. The molecular formula is C16H16INO2. The maximum atomic E-state index is 12.3. The molecule has 3 nitrogen and oxygen atoms in total. The van der Waals surface area contributed by atoms with Crippen LogP contribution in [-0.4, -0.2) is 26.5 Å². The summed E-state index contributed by atoms with van der Waals surface area (Å²) in [6.45, 7) is 0.320. The van der Waals surface area contributed by atoms with Gasteiger partial charge in [-0.05, 0) is 46.9 Å². The summed E-state index contributed by atoms with van der Waals surface area (Å²) in [5.41, 5.74) is 1.64. The quantitative estimate of drug-likeness (QED) is 0.586. The van der Waals surface area contributed by atoms with Crippen molar-refractivity contribution in [3.63, 3.8) is 0 Å². The molecule has 20 heavy (non-hydrogen) atoms. The van der Waals surface area contributed by atoms with Crippen molar-refractivity contribution in [2.75, 3.05) is 25.6 Å². The van der Waals surface area contributed by atoms with E-state index in [4.69, 9.17) is 4.74 Å². The predicted octanol–water partition coefficient (Wildman–Crippen LogP) is 3.62. The van der Waals surface area contributed by atoms with Crippen molar-refractivity contribution in [3.8, 4) is 5.75 Å². The van der Waals surface area contributed by atoms with Crippen molar-refractivity contribution < 1.29 is 9.53 Å². The van der Waals surface area contributed by atoms with Crippen LogP contribution in [0.2, 0.25) is 0 Å². The number of hydrogen-bond donors (Lipinski definition) is 0. The Morgan fingerprint density at radius 2 is 1.80 bits per heavy atom. The van der Waals surface area contributed by atoms with Gasteiger partial charge in [-0.15, -0.1) is 0 Å². The van der Waals surface area contributed by atoms with Crippen molar-refractivity contribution in [1.29, 1.82) is 0 Å². The smallest absolute Gasteiger partial charge is 0.182 e. The molecule has 0 aliphatic rings. The normalized spacial score (nSPS) is 10.2. The minimum absolute atomic E-state index is 0.0924. The fourth-order valence-corrected chi connectivity index (χ4v) is 2.33. The molecular weight excluding hydrogens is 365 g/mol. The molecule has 0 bridgehead atoms. The zero-order chi connectivity index (χ0) is 14.5. The second-order valence-corrected chi connectivity index (χ2v) is 5.70. The highest BCUT2D eigenvalue weighted by atomic mass is 127. The largest absolute Gasteiger partial charge is 0.495 e. The van der Waals surface area contributed by atoms with Gasteiger partial charge in [-0.3, -0.25) is 4.79 Å². The van der Waals surface area contributed by atoms with Gasteiger partial charge in [-0.1, -0.05) is 24.3 Å². The van der Waals surface area contributed by atoms with Crippen molar-refractivity contribution >= 4 is 34.1 Å². The number of benzene rings is 2. The molecule has 0 spiro atoms. The van der Waals surface area contributed by atoms with E-state index in [2.05, 4.69) is 22.6 Å². The molecule has 104 valence electrons. The van der Waals surface area contributed by atoms with Crippen molar-refractivity contribution in [1.82, 2.24) is 0 Å². The van der Waals surface area contributed by atoms with Gasteiger partial charge in [-0.2, -0.15) is 0 Å². The van der Waals surface area contributed by atoms with Crippen LogP contribution in [-0.2, 0) is 0 Å². The summed E-state index contributed by atoms with van der Waals surface area (Å²) in [6, 6.07) is 15.3. The number of carbonyl (C=O) groups is 1. The number of ether oxygens (including phenoxy) is 1. The number of anilines is 1. The van der Waals surface area contributed by atoms with Crippen molar-refractivity contribution in [2.24, 2.45) is 0 Å². The van der Waals surface area contributed by atoms with Gasteiger partial charge < -0.3 is 9.64 Å². The second kappa shape index (κ2) is 6.74. The highest BCUT2D eigenvalue weighted by molar-refractivity contribution is 14.1. The molecule has 0 saturated carbocycles. The number of carbonyl (C=O) groups excluding carboxylic acids is 1. The lowest BCUT2D eigenvalue weighted by atomic mass is 10.1. The minimum Gasteiger partial charge on any atom is -0.495 e. The zero-order valence-corrected chi connectivity index (χ0v) is 13.6. The first kappa shape index (κ1) is 14.8. The predicted molar refractivity (Wildman–Crippen MR) is 89.8 cm³/mol. The molecule has 0 N–H and O–H groups in total. The van der Waals surface area contributed by atoms with E-state index in [-0.39, 0.29) is 5.78 Å². The van der Waals surface area contributed by atoms with Crippen molar-refractivity contribution in [2.45, 2.75) is 0 Å². The zero-order valence-electron chi connectivity index (χ0n) is 11.5. The first-order valence-electron chi connectivity index (χ1n) is 6.24. The summed E-state index contributed by atoms with van der Waals surface area (Å²) in [5.74, 6) is 0.861. The third-order valence-electron chi connectivity index (χ3n) is 3.04. The van der Waals surface area contributed by atoms with E-state index in [0.717, 1.165) is 20.6 Å². The van der Waals surface area contributed by atoms with Gasteiger partial charge in [0.1, 0.15) is 5.75 Å². The Balaban J connectivity index is 2.13. The van der Waals surface area contributed by atoms with E-state index < -0.39 is 0 Å². The number of rotatable bonds is 5. The monoisotopic (exact) mass is 381 g/mol. The molecule has 2 aromatic carbocycles. The van der Waals surface area contributed by atoms with Crippen LogP contribution in [0.4, 0.5) is 5.69 Å². The Hall–Kier alpha value is -1.56. The lowest BCUT2D eigenvalue weighted by molar-refractivity contribution is 0.100. The van der Waals surface area contributed by atoms with Crippen LogP contribution in [0.25, 0.3) is 0 Å². The van der Waals surface area contributed by atoms with Gasteiger partial charge in [0.15, 0.2) is 5.78 Å². The van der Waals surface area contributed by atoms with Gasteiger partial charge >= 0.3 is 0 Å². The third-order valence-corrected chi connectivity index (χ3v) is 3.76. The topological polar surface area (TPSA) is 29.5 Å². The standard InChI is InChI=1S/C16H16INO2/c1-18(14-5-3-4-6-16(14)20-2)11-15(19)12-7-9-13(17)10-8-12/h3-10H,11H2,1-2H3. The Morgan fingerprint density at radius 3 is 2.45 bits per heavy atom. The maximum absolute atomic E-state index is 12.3. The van der Waals surface area contributed by atoms with E-state index >= 15 is 0 Å². The summed E-state index contributed by atoms with van der Waals surface area (Å²) in [6.07, 6.45) is 0. The van der Waals surface area contributed by atoms with Gasteiger partial charge in [-0.25, -0.2) is 0 Å². The fourth-order valence-electron chi connectivity index (χ4n) is 1.97. The molecule has 4 heteroatoms. The maximum Gasteiger partial charge on any atom is 0.182 e. The molecule has 0 saturated heterocycles. The van der Waals surface area contributed by atoms with E-state index in [1.807, 2.05) is 60.5 Å². The highest BCUT2D eigenvalue weighted by Gasteiger charge is 2.12. The Morgan fingerprint density at radius 1 is 1.15 bits per heavy atom. The molecule has 0 aliphatic heterocycles. The van der Waals surface area contributed by atoms with Gasteiger partial charge in [0, 0.05) is 16.2 Å². The average Bonchev–Trinajstić information content (AvgIpc) is 2.47. The van der Waals surface area contributed by atoms with E-state index in [0.29, 0.717) is 6.54 Å². The summed E-state index contributed by atoms with van der Waals surface area (Å²) in [7, 11) is 3.52. The third kappa shape index (κ3) is 3.50.